The molecule has 0 radical (unpaired) electrons. The third-order valence-corrected chi connectivity index (χ3v) is 6.17. The zero-order valence-electron chi connectivity index (χ0n) is 20.5. The first-order chi connectivity index (χ1) is 14.8. The maximum atomic E-state index is 12.5. The second kappa shape index (κ2) is 8.74. The summed E-state index contributed by atoms with van der Waals surface area (Å²) in [4.78, 5) is 19.6. The Morgan fingerprint density at radius 2 is 1.69 bits per heavy atom. The summed E-state index contributed by atoms with van der Waals surface area (Å²) in [6.07, 6.45) is 0.957. The van der Waals surface area contributed by atoms with E-state index in [1.54, 1.807) is 0 Å². The van der Waals surface area contributed by atoms with Crippen LogP contribution in [0.3, 0.4) is 0 Å². The Balaban J connectivity index is 2.29. The number of aryl methyl sites for hydroxylation is 2. The molecule has 6 heteroatoms. The van der Waals surface area contributed by atoms with Crippen molar-refractivity contribution < 1.29 is 14.6 Å². The number of carbonyl (C=O) groups is 1. The summed E-state index contributed by atoms with van der Waals surface area (Å²) in [7, 11) is 0. The second-order valence-corrected chi connectivity index (χ2v) is 10.6. The molecule has 1 aromatic heterocycles. The third kappa shape index (κ3) is 5.23. The van der Waals surface area contributed by atoms with Crippen LogP contribution in [0.2, 0.25) is 0 Å². The van der Waals surface area contributed by atoms with Crippen LogP contribution in [0.4, 0.5) is 11.4 Å². The van der Waals surface area contributed by atoms with E-state index in [2.05, 4.69) is 18.7 Å². The molecule has 1 fully saturated rings. The van der Waals surface area contributed by atoms with Crippen molar-refractivity contribution >= 4 is 17.3 Å². The number of pyridine rings is 1. The number of aromatic nitrogens is 1. The van der Waals surface area contributed by atoms with Gasteiger partial charge in [-0.3, -0.25) is 4.98 Å². The number of anilines is 2. The Labute approximate surface area is 191 Å². The lowest BCUT2D eigenvalue weighted by Gasteiger charge is -2.41. The summed E-state index contributed by atoms with van der Waals surface area (Å²) in [5, 5.41) is 10.2. The number of ether oxygens (including phenoxy) is 1. The minimum atomic E-state index is -1.11. The standard InChI is InChI=1S/C26H37N3O3/c1-16-20(18-8-10-19(27)11-9-18)22(29-14-12-26(6,7)13-15-29)21(17(2)28-16)23(24(30)31)32-25(3,4)5/h8-11,23H,12-15,27H2,1-7H3,(H,30,31). The Morgan fingerprint density at radius 3 is 2.19 bits per heavy atom. The summed E-state index contributed by atoms with van der Waals surface area (Å²) in [5.41, 5.74) is 11.3. The number of carboxylic acids is 1. The van der Waals surface area contributed by atoms with E-state index in [9.17, 15) is 9.90 Å². The summed E-state index contributed by atoms with van der Waals surface area (Å²) >= 11 is 0. The van der Waals surface area contributed by atoms with Gasteiger partial charge in [-0.1, -0.05) is 26.0 Å². The molecule has 32 heavy (non-hydrogen) atoms. The summed E-state index contributed by atoms with van der Waals surface area (Å²) in [6, 6.07) is 7.71. The monoisotopic (exact) mass is 439 g/mol. The van der Waals surface area contributed by atoms with E-state index in [0.29, 0.717) is 16.9 Å². The van der Waals surface area contributed by atoms with Crippen LogP contribution < -0.4 is 10.6 Å². The maximum Gasteiger partial charge on any atom is 0.337 e. The summed E-state index contributed by atoms with van der Waals surface area (Å²) < 4.78 is 6.10. The average Bonchev–Trinajstić information content (AvgIpc) is 2.66. The predicted molar refractivity (Wildman–Crippen MR) is 130 cm³/mol. The molecular weight excluding hydrogens is 402 g/mol. The van der Waals surface area contributed by atoms with Crippen molar-refractivity contribution in [1.29, 1.82) is 0 Å². The number of rotatable bonds is 5. The predicted octanol–water partition coefficient (Wildman–Crippen LogP) is 5.51. The number of hydrogen-bond donors (Lipinski definition) is 2. The van der Waals surface area contributed by atoms with Gasteiger partial charge in [0.15, 0.2) is 6.10 Å². The molecule has 0 aliphatic carbocycles. The molecular formula is C26H37N3O3. The lowest BCUT2D eigenvalue weighted by atomic mass is 9.82. The highest BCUT2D eigenvalue weighted by atomic mass is 16.5. The Morgan fingerprint density at radius 1 is 1.12 bits per heavy atom. The van der Waals surface area contributed by atoms with Gasteiger partial charge in [-0.25, -0.2) is 4.79 Å². The molecule has 1 unspecified atom stereocenters. The first-order valence-corrected chi connectivity index (χ1v) is 11.3. The minimum absolute atomic E-state index is 0.267. The molecule has 6 nitrogen and oxygen atoms in total. The van der Waals surface area contributed by atoms with Crippen LogP contribution in [-0.2, 0) is 9.53 Å². The van der Waals surface area contributed by atoms with Gasteiger partial charge < -0.3 is 20.5 Å². The van der Waals surface area contributed by atoms with Gasteiger partial charge in [-0.15, -0.1) is 0 Å². The van der Waals surface area contributed by atoms with Crippen molar-refractivity contribution in [3.8, 4) is 11.1 Å². The van der Waals surface area contributed by atoms with Crippen molar-refractivity contribution in [2.24, 2.45) is 5.41 Å². The third-order valence-electron chi connectivity index (χ3n) is 6.17. The normalized spacial score (nSPS) is 17.3. The molecule has 0 amide bonds. The average molecular weight is 440 g/mol. The Hall–Kier alpha value is -2.60. The van der Waals surface area contributed by atoms with Gasteiger partial charge in [0.2, 0.25) is 0 Å². The van der Waals surface area contributed by atoms with Crippen molar-refractivity contribution in [3.63, 3.8) is 0 Å². The van der Waals surface area contributed by atoms with Gasteiger partial charge in [0.1, 0.15) is 0 Å². The van der Waals surface area contributed by atoms with E-state index in [4.69, 9.17) is 15.5 Å². The number of piperidine rings is 1. The fourth-order valence-electron chi connectivity index (χ4n) is 4.40. The van der Waals surface area contributed by atoms with Crippen LogP contribution in [0.1, 0.15) is 70.5 Å². The molecule has 0 bridgehead atoms. The van der Waals surface area contributed by atoms with Gasteiger partial charge in [0.05, 0.1) is 11.3 Å². The number of nitrogen functional groups attached to an aromatic ring is 1. The highest BCUT2D eigenvalue weighted by Gasteiger charge is 2.36. The molecule has 1 aromatic carbocycles. The van der Waals surface area contributed by atoms with Crippen LogP contribution >= 0.6 is 0 Å². The van der Waals surface area contributed by atoms with Crippen LogP contribution in [-0.4, -0.2) is 34.8 Å². The topological polar surface area (TPSA) is 88.7 Å². The largest absolute Gasteiger partial charge is 0.479 e. The zero-order valence-corrected chi connectivity index (χ0v) is 20.5. The first kappa shape index (κ1) is 24.1. The van der Waals surface area contributed by atoms with E-state index < -0.39 is 17.7 Å². The number of benzene rings is 1. The van der Waals surface area contributed by atoms with Gasteiger partial charge in [0.25, 0.3) is 0 Å². The fourth-order valence-corrected chi connectivity index (χ4v) is 4.40. The Kier molecular flexibility index (Phi) is 6.57. The number of carboxylic acid groups (broad SMARTS) is 1. The SMILES string of the molecule is Cc1nc(C)c(C(OC(C)(C)C)C(=O)O)c(N2CCC(C)(C)CC2)c1-c1ccc(N)cc1. The number of aliphatic carboxylic acids is 1. The second-order valence-electron chi connectivity index (χ2n) is 10.6. The minimum Gasteiger partial charge on any atom is -0.479 e. The molecule has 0 saturated carbocycles. The molecule has 1 saturated heterocycles. The number of nitrogens with two attached hydrogens (primary N) is 1. The highest BCUT2D eigenvalue weighted by molar-refractivity contribution is 5.88. The van der Waals surface area contributed by atoms with Crippen molar-refractivity contribution in [2.75, 3.05) is 23.7 Å². The summed E-state index contributed by atoms with van der Waals surface area (Å²) in [6.45, 7) is 15.8. The van der Waals surface area contributed by atoms with Gasteiger partial charge >= 0.3 is 5.97 Å². The summed E-state index contributed by atoms with van der Waals surface area (Å²) in [5.74, 6) is -1.00. The number of hydrogen-bond acceptors (Lipinski definition) is 5. The molecule has 1 aliphatic heterocycles. The van der Waals surface area contributed by atoms with Crippen LogP contribution in [0.25, 0.3) is 11.1 Å². The van der Waals surface area contributed by atoms with E-state index in [0.717, 1.165) is 48.4 Å². The maximum absolute atomic E-state index is 12.5. The molecule has 1 aliphatic rings. The number of nitrogens with zero attached hydrogens (tertiary/aromatic N) is 2. The van der Waals surface area contributed by atoms with Crippen LogP contribution in [0, 0.1) is 19.3 Å². The fraction of sp³-hybridized carbons (Fsp3) is 0.538. The molecule has 0 spiro atoms. The molecule has 2 heterocycles. The van der Waals surface area contributed by atoms with E-state index in [-0.39, 0.29) is 5.41 Å². The van der Waals surface area contributed by atoms with Gasteiger partial charge in [0, 0.05) is 41.3 Å². The van der Waals surface area contributed by atoms with E-state index >= 15 is 0 Å². The molecule has 174 valence electrons. The highest BCUT2D eigenvalue weighted by Crippen LogP contribution is 2.44. The van der Waals surface area contributed by atoms with E-state index in [1.807, 2.05) is 58.9 Å². The van der Waals surface area contributed by atoms with E-state index in [1.165, 1.54) is 0 Å². The van der Waals surface area contributed by atoms with Crippen molar-refractivity contribution in [2.45, 2.75) is 73.0 Å². The molecule has 3 rings (SSSR count). The lowest BCUT2D eigenvalue weighted by molar-refractivity contribution is -0.160. The lowest BCUT2D eigenvalue weighted by Crippen LogP contribution is -2.39. The quantitative estimate of drug-likeness (QED) is 0.597. The van der Waals surface area contributed by atoms with Gasteiger partial charge in [-0.2, -0.15) is 0 Å². The van der Waals surface area contributed by atoms with Crippen molar-refractivity contribution in [3.05, 3.63) is 41.2 Å². The molecule has 2 aromatic rings. The van der Waals surface area contributed by atoms with Crippen LogP contribution in [0.5, 0.6) is 0 Å². The molecule has 1 atom stereocenters. The zero-order chi connectivity index (χ0) is 23.8. The molecule has 3 N–H and O–H groups in total. The Bertz CT molecular complexity index is 981. The van der Waals surface area contributed by atoms with Crippen molar-refractivity contribution in [1.82, 2.24) is 4.98 Å². The first-order valence-electron chi connectivity index (χ1n) is 11.3. The smallest absolute Gasteiger partial charge is 0.337 e. The van der Waals surface area contributed by atoms with Crippen LogP contribution in [0.15, 0.2) is 24.3 Å². The van der Waals surface area contributed by atoms with Gasteiger partial charge in [-0.05, 0) is 70.6 Å².